The number of anilines is 1. The maximum Gasteiger partial charge on any atom is 0.274 e. The Labute approximate surface area is 134 Å². The molecule has 1 saturated heterocycles. The molecule has 0 bridgehead atoms. The molecule has 0 aliphatic carbocycles. The largest absolute Gasteiger partial charge is 0.380 e. The summed E-state index contributed by atoms with van der Waals surface area (Å²) in [6, 6.07) is 3.36. The highest BCUT2D eigenvalue weighted by atomic mass is 16.6. The standard InChI is InChI=1S/C15H21N5O3/c1-9-4-14-12(6-13(9)20(21)22)17-15(18(14)2)19-7-10(16)5-11(8-19)23-3/h4,6,10-11H,5,7-8,16H2,1-3H3/t10-,11-/m1/s1. The highest BCUT2D eigenvalue weighted by molar-refractivity contribution is 5.82. The summed E-state index contributed by atoms with van der Waals surface area (Å²) in [5.74, 6) is 0.761. The maximum atomic E-state index is 11.1. The van der Waals surface area contributed by atoms with E-state index in [2.05, 4.69) is 9.88 Å². The Morgan fingerprint density at radius 2 is 2.17 bits per heavy atom. The number of aromatic nitrogens is 2. The van der Waals surface area contributed by atoms with Crippen LogP contribution < -0.4 is 10.6 Å². The molecule has 0 saturated carbocycles. The van der Waals surface area contributed by atoms with Gasteiger partial charge in [-0.1, -0.05) is 0 Å². The first-order valence-electron chi connectivity index (χ1n) is 7.55. The summed E-state index contributed by atoms with van der Waals surface area (Å²) in [6.07, 6.45) is 0.885. The van der Waals surface area contributed by atoms with E-state index in [1.165, 1.54) is 6.07 Å². The van der Waals surface area contributed by atoms with Gasteiger partial charge < -0.3 is 19.9 Å². The zero-order valence-electron chi connectivity index (χ0n) is 13.5. The Morgan fingerprint density at radius 3 is 2.83 bits per heavy atom. The monoisotopic (exact) mass is 319 g/mol. The molecule has 0 spiro atoms. The first kappa shape index (κ1) is 15.7. The molecule has 8 nitrogen and oxygen atoms in total. The first-order chi connectivity index (χ1) is 10.9. The van der Waals surface area contributed by atoms with Crippen LogP contribution in [0, 0.1) is 17.0 Å². The lowest BCUT2D eigenvalue weighted by molar-refractivity contribution is -0.385. The minimum atomic E-state index is -0.374. The summed E-state index contributed by atoms with van der Waals surface area (Å²) in [6.45, 7) is 3.14. The number of aryl methyl sites for hydroxylation is 2. The lowest BCUT2D eigenvalue weighted by Gasteiger charge is -2.36. The van der Waals surface area contributed by atoms with Gasteiger partial charge in [-0.15, -0.1) is 0 Å². The van der Waals surface area contributed by atoms with E-state index >= 15 is 0 Å². The van der Waals surface area contributed by atoms with Crippen LogP contribution in [0.1, 0.15) is 12.0 Å². The summed E-state index contributed by atoms with van der Waals surface area (Å²) < 4.78 is 7.40. The quantitative estimate of drug-likeness (QED) is 0.677. The fourth-order valence-corrected chi connectivity index (χ4v) is 3.22. The molecular weight excluding hydrogens is 298 g/mol. The minimum Gasteiger partial charge on any atom is -0.380 e. The van der Waals surface area contributed by atoms with Crippen molar-refractivity contribution in [2.75, 3.05) is 25.1 Å². The van der Waals surface area contributed by atoms with Crippen molar-refractivity contribution in [3.05, 3.63) is 27.8 Å². The number of nitrogens with two attached hydrogens (primary N) is 1. The normalized spacial score (nSPS) is 21.8. The average Bonchev–Trinajstić information content (AvgIpc) is 2.82. The molecule has 0 amide bonds. The number of benzene rings is 1. The topological polar surface area (TPSA) is 99.5 Å². The number of methoxy groups -OCH3 is 1. The van der Waals surface area contributed by atoms with Crippen molar-refractivity contribution < 1.29 is 9.66 Å². The van der Waals surface area contributed by atoms with E-state index in [9.17, 15) is 10.1 Å². The SMILES string of the molecule is CO[C@@H]1C[C@@H](N)CN(c2nc3cc([N+](=O)[O-])c(C)cc3n2C)C1. The fourth-order valence-electron chi connectivity index (χ4n) is 3.22. The van der Waals surface area contributed by atoms with Crippen molar-refractivity contribution in [3.63, 3.8) is 0 Å². The lowest BCUT2D eigenvalue weighted by Crippen LogP contribution is -2.50. The third-order valence-corrected chi connectivity index (χ3v) is 4.43. The van der Waals surface area contributed by atoms with Crippen LogP contribution in [0.25, 0.3) is 11.0 Å². The molecule has 0 unspecified atom stereocenters. The second-order valence-electron chi connectivity index (χ2n) is 6.11. The minimum absolute atomic E-state index is 0.0181. The second kappa shape index (κ2) is 5.78. The Kier molecular flexibility index (Phi) is 3.95. The Morgan fingerprint density at radius 1 is 1.43 bits per heavy atom. The van der Waals surface area contributed by atoms with Gasteiger partial charge in [0, 0.05) is 44.9 Å². The predicted molar refractivity (Wildman–Crippen MR) is 87.7 cm³/mol. The van der Waals surface area contributed by atoms with Crippen LogP contribution in [0.5, 0.6) is 0 Å². The van der Waals surface area contributed by atoms with Crippen LogP contribution in [-0.4, -0.2) is 46.8 Å². The molecule has 1 aromatic heterocycles. The summed E-state index contributed by atoms with van der Waals surface area (Å²) in [5, 5.41) is 11.1. The molecule has 2 atom stereocenters. The summed E-state index contributed by atoms with van der Waals surface area (Å²) >= 11 is 0. The van der Waals surface area contributed by atoms with Gasteiger partial charge in [0.15, 0.2) is 0 Å². The van der Waals surface area contributed by atoms with Gasteiger partial charge in [0.2, 0.25) is 5.95 Å². The molecule has 124 valence electrons. The van der Waals surface area contributed by atoms with Crippen molar-refractivity contribution in [1.29, 1.82) is 0 Å². The Hall–Kier alpha value is -2.19. The third kappa shape index (κ3) is 2.75. The molecule has 8 heteroatoms. The number of hydrogen-bond donors (Lipinski definition) is 1. The van der Waals surface area contributed by atoms with Gasteiger partial charge in [0.25, 0.3) is 5.69 Å². The zero-order chi connectivity index (χ0) is 16.7. The number of rotatable bonds is 3. The zero-order valence-corrected chi connectivity index (χ0v) is 13.5. The van der Waals surface area contributed by atoms with Gasteiger partial charge in [-0.05, 0) is 19.4 Å². The van der Waals surface area contributed by atoms with Gasteiger partial charge in [0.1, 0.15) is 0 Å². The smallest absolute Gasteiger partial charge is 0.274 e. The number of nitro benzene ring substituents is 1. The molecule has 2 heterocycles. The highest BCUT2D eigenvalue weighted by Gasteiger charge is 2.28. The van der Waals surface area contributed by atoms with E-state index in [1.807, 2.05) is 17.7 Å². The molecule has 1 fully saturated rings. The van der Waals surface area contributed by atoms with Gasteiger partial charge in [-0.2, -0.15) is 0 Å². The second-order valence-corrected chi connectivity index (χ2v) is 6.11. The van der Waals surface area contributed by atoms with Crippen molar-refractivity contribution >= 4 is 22.7 Å². The van der Waals surface area contributed by atoms with E-state index in [0.29, 0.717) is 24.2 Å². The van der Waals surface area contributed by atoms with Crippen molar-refractivity contribution in [2.24, 2.45) is 12.8 Å². The molecule has 2 N–H and O–H groups in total. The number of piperidine rings is 1. The molecule has 1 aliphatic heterocycles. The Bertz CT molecular complexity index is 757. The first-order valence-corrected chi connectivity index (χ1v) is 7.55. The molecule has 3 rings (SSSR count). The molecular formula is C15H21N5O3. The van der Waals surface area contributed by atoms with Gasteiger partial charge in [-0.25, -0.2) is 4.98 Å². The molecule has 1 aliphatic rings. The fraction of sp³-hybridized carbons (Fsp3) is 0.533. The van der Waals surface area contributed by atoms with E-state index < -0.39 is 0 Å². The molecule has 2 aromatic rings. The number of nitro groups is 1. The van der Waals surface area contributed by atoms with Crippen LogP contribution in [0.3, 0.4) is 0 Å². The number of nitrogens with zero attached hydrogens (tertiary/aromatic N) is 4. The van der Waals surface area contributed by atoms with Crippen LogP contribution >= 0.6 is 0 Å². The number of imidazole rings is 1. The molecule has 23 heavy (non-hydrogen) atoms. The van der Waals surface area contributed by atoms with Crippen LogP contribution in [0.4, 0.5) is 11.6 Å². The summed E-state index contributed by atoms with van der Waals surface area (Å²) in [5.41, 5.74) is 8.32. The van der Waals surface area contributed by atoms with E-state index in [4.69, 9.17) is 10.5 Å². The van der Waals surface area contributed by atoms with E-state index in [0.717, 1.165) is 17.9 Å². The van der Waals surface area contributed by atoms with Gasteiger partial charge in [0.05, 0.1) is 22.1 Å². The highest BCUT2D eigenvalue weighted by Crippen LogP contribution is 2.29. The summed E-state index contributed by atoms with van der Waals surface area (Å²) in [7, 11) is 3.60. The van der Waals surface area contributed by atoms with Gasteiger partial charge in [-0.3, -0.25) is 10.1 Å². The lowest BCUT2D eigenvalue weighted by atomic mass is 10.0. The predicted octanol–water partition coefficient (Wildman–Crippen LogP) is 1.34. The van der Waals surface area contributed by atoms with E-state index in [-0.39, 0.29) is 22.8 Å². The number of hydrogen-bond acceptors (Lipinski definition) is 6. The van der Waals surface area contributed by atoms with Crippen molar-refractivity contribution in [2.45, 2.75) is 25.5 Å². The average molecular weight is 319 g/mol. The van der Waals surface area contributed by atoms with Crippen LogP contribution in [0.15, 0.2) is 12.1 Å². The molecule has 0 radical (unpaired) electrons. The van der Waals surface area contributed by atoms with E-state index in [1.54, 1.807) is 14.0 Å². The van der Waals surface area contributed by atoms with Crippen molar-refractivity contribution in [3.8, 4) is 0 Å². The van der Waals surface area contributed by atoms with Gasteiger partial charge >= 0.3 is 0 Å². The number of ether oxygens (including phenoxy) is 1. The van der Waals surface area contributed by atoms with Crippen LogP contribution in [0.2, 0.25) is 0 Å². The van der Waals surface area contributed by atoms with Crippen LogP contribution in [-0.2, 0) is 11.8 Å². The third-order valence-electron chi connectivity index (χ3n) is 4.43. The Balaban J connectivity index is 2.04. The summed E-state index contributed by atoms with van der Waals surface area (Å²) in [4.78, 5) is 17.4. The maximum absolute atomic E-state index is 11.1. The number of fused-ring (bicyclic) bond motifs is 1. The van der Waals surface area contributed by atoms with Crippen molar-refractivity contribution in [1.82, 2.24) is 9.55 Å². The molecule has 1 aromatic carbocycles.